The number of rotatable bonds is 6. The standard InChI is InChI=1S/C13H20ClN3O/c1-9(2)6-10(8-15)7-12(18)17-13-11(14)4-3-5-16-13/h3-5,9-10H,6-8,15H2,1-2H3,(H,16,17,18)/t10-/m0/s1. The largest absolute Gasteiger partial charge is 0.330 e. The Morgan fingerprint density at radius 1 is 1.56 bits per heavy atom. The van der Waals surface area contributed by atoms with Crippen LogP contribution >= 0.6 is 11.6 Å². The van der Waals surface area contributed by atoms with Crippen molar-refractivity contribution in [2.45, 2.75) is 26.7 Å². The molecule has 1 heterocycles. The van der Waals surface area contributed by atoms with E-state index in [1.807, 2.05) is 0 Å². The number of anilines is 1. The second kappa shape index (κ2) is 7.34. The maximum Gasteiger partial charge on any atom is 0.225 e. The summed E-state index contributed by atoms with van der Waals surface area (Å²) in [7, 11) is 0. The first-order valence-electron chi connectivity index (χ1n) is 6.13. The van der Waals surface area contributed by atoms with E-state index in [0.29, 0.717) is 29.7 Å². The zero-order valence-electron chi connectivity index (χ0n) is 10.8. The quantitative estimate of drug-likeness (QED) is 0.834. The molecule has 1 rings (SSSR count). The van der Waals surface area contributed by atoms with E-state index in [1.54, 1.807) is 18.3 Å². The molecule has 0 saturated heterocycles. The third-order valence-corrected chi connectivity index (χ3v) is 2.93. The summed E-state index contributed by atoms with van der Waals surface area (Å²) >= 11 is 5.92. The van der Waals surface area contributed by atoms with Crippen molar-refractivity contribution in [2.75, 3.05) is 11.9 Å². The lowest BCUT2D eigenvalue weighted by Crippen LogP contribution is -2.23. The van der Waals surface area contributed by atoms with Gasteiger partial charge in [-0.1, -0.05) is 25.4 Å². The monoisotopic (exact) mass is 269 g/mol. The second-order valence-electron chi connectivity index (χ2n) is 4.82. The molecule has 0 saturated carbocycles. The highest BCUT2D eigenvalue weighted by molar-refractivity contribution is 6.33. The van der Waals surface area contributed by atoms with E-state index in [2.05, 4.69) is 24.1 Å². The van der Waals surface area contributed by atoms with Gasteiger partial charge in [-0.15, -0.1) is 0 Å². The molecule has 1 amide bonds. The van der Waals surface area contributed by atoms with Crippen LogP contribution in [0.2, 0.25) is 5.02 Å². The minimum atomic E-state index is -0.0910. The minimum absolute atomic E-state index is 0.0910. The van der Waals surface area contributed by atoms with Gasteiger partial charge < -0.3 is 11.1 Å². The van der Waals surface area contributed by atoms with Gasteiger partial charge in [0.1, 0.15) is 0 Å². The summed E-state index contributed by atoms with van der Waals surface area (Å²) in [6, 6.07) is 3.41. The predicted octanol–water partition coefficient (Wildman–Crippen LogP) is 2.68. The maximum atomic E-state index is 11.9. The highest BCUT2D eigenvalue weighted by Gasteiger charge is 2.15. The van der Waals surface area contributed by atoms with Crippen LogP contribution in [0.5, 0.6) is 0 Å². The van der Waals surface area contributed by atoms with Gasteiger partial charge in [-0.2, -0.15) is 0 Å². The van der Waals surface area contributed by atoms with Gasteiger partial charge in [0.25, 0.3) is 0 Å². The summed E-state index contributed by atoms with van der Waals surface area (Å²) in [6.45, 7) is 4.76. The van der Waals surface area contributed by atoms with Gasteiger partial charge in [-0.05, 0) is 36.9 Å². The number of nitrogens with one attached hydrogen (secondary N) is 1. The molecule has 0 bridgehead atoms. The van der Waals surface area contributed by atoms with Gasteiger partial charge >= 0.3 is 0 Å². The Hall–Kier alpha value is -1.13. The average molecular weight is 270 g/mol. The fourth-order valence-electron chi connectivity index (χ4n) is 1.85. The van der Waals surface area contributed by atoms with Gasteiger partial charge in [0, 0.05) is 12.6 Å². The molecular weight excluding hydrogens is 250 g/mol. The van der Waals surface area contributed by atoms with Crippen LogP contribution in [0.15, 0.2) is 18.3 Å². The highest BCUT2D eigenvalue weighted by Crippen LogP contribution is 2.19. The number of nitrogens with zero attached hydrogens (tertiary/aromatic N) is 1. The Morgan fingerprint density at radius 2 is 2.28 bits per heavy atom. The number of aromatic nitrogens is 1. The third kappa shape index (κ3) is 5.02. The molecule has 0 aliphatic heterocycles. The molecule has 0 fully saturated rings. The molecule has 1 aromatic heterocycles. The maximum absolute atomic E-state index is 11.9. The van der Waals surface area contributed by atoms with E-state index in [9.17, 15) is 4.79 Å². The van der Waals surface area contributed by atoms with E-state index < -0.39 is 0 Å². The molecule has 1 aromatic rings. The number of hydrogen-bond acceptors (Lipinski definition) is 3. The molecule has 0 aliphatic rings. The van der Waals surface area contributed by atoms with Crippen LogP contribution < -0.4 is 11.1 Å². The van der Waals surface area contributed by atoms with Crippen molar-refractivity contribution >= 4 is 23.3 Å². The van der Waals surface area contributed by atoms with Crippen LogP contribution in [0.3, 0.4) is 0 Å². The Morgan fingerprint density at radius 3 is 2.83 bits per heavy atom. The lowest BCUT2D eigenvalue weighted by molar-refractivity contribution is -0.117. The number of amides is 1. The van der Waals surface area contributed by atoms with Crippen molar-refractivity contribution in [3.63, 3.8) is 0 Å². The number of nitrogens with two attached hydrogens (primary N) is 1. The average Bonchev–Trinajstić information content (AvgIpc) is 2.30. The highest BCUT2D eigenvalue weighted by atomic mass is 35.5. The molecule has 3 N–H and O–H groups in total. The van der Waals surface area contributed by atoms with Crippen LogP contribution in [0.4, 0.5) is 5.82 Å². The number of halogens is 1. The smallest absolute Gasteiger partial charge is 0.225 e. The van der Waals surface area contributed by atoms with Gasteiger partial charge in [0.2, 0.25) is 5.91 Å². The molecular formula is C13H20ClN3O. The molecule has 0 aromatic carbocycles. The molecule has 1 atom stereocenters. The molecule has 0 spiro atoms. The molecule has 0 radical (unpaired) electrons. The first-order valence-corrected chi connectivity index (χ1v) is 6.51. The Bertz CT molecular complexity index is 396. The van der Waals surface area contributed by atoms with Crippen molar-refractivity contribution in [2.24, 2.45) is 17.6 Å². The number of pyridine rings is 1. The lowest BCUT2D eigenvalue weighted by atomic mass is 9.94. The summed E-state index contributed by atoms with van der Waals surface area (Å²) < 4.78 is 0. The Labute approximate surface area is 113 Å². The van der Waals surface area contributed by atoms with Crippen molar-refractivity contribution in [1.29, 1.82) is 0 Å². The lowest BCUT2D eigenvalue weighted by Gasteiger charge is -2.16. The molecule has 100 valence electrons. The molecule has 0 unspecified atom stereocenters. The van der Waals surface area contributed by atoms with E-state index in [4.69, 9.17) is 17.3 Å². The van der Waals surface area contributed by atoms with Gasteiger partial charge in [-0.25, -0.2) is 4.98 Å². The van der Waals surface area contributed by atoms with Crippen LogP contribution in [0, 0.1) is 11.8 Å². The van der Waals surface area contributed by atoms with Crippen molar-refractivity contribution in [3.8, 4) is 0 Å². The van der Waals surface area contributed by atoms with Gasteiger partial charge in [0.15, 0.2) is 5.82 Å². The van der Waals surface area contributed by atoms with Crippen LogP contribution in [-0.4, -0.2) is 17.4 Å². The van der Waals surface area contributed by atoms with Gasteiger partial charge in [0.05, 0.1) is 5.02 Å². The SMILES string of the molecule is CC(C)C[C@H](CN)CC(=O)Nc1ncccc1Cl. The molecule has 5 heteroatoms. The second-order valence-corrected chi connectivity index (χ2v) is 5.22. The van der Waals surface area contributed by atoms with E-state index >= 15 is 0 Å². The van der Waals surface area contributed by atoms with Gasteiger partial charge in [-0.3, -0.25) is 4.79 Å². The Balaban J connectivity index is 2.53. The third-order valence-electron chi connectivity index (χ3n) is 2.63. The normalized spacial score (nSPS) is 12.5. The summed E-state index contributed by atoms with van der Waals surface area (Å²) in [5.74, 6) is 1.05. The number of carbonyl (C=O) groups is 1. The van der Waals surface area contributed by atoms with Crippen LogP contribution in [0.1, 0.15) is 26.7 Å². The summed E-state index contributed by atoms with van der Waals surface area (Å²) in [4.78, 5) is 15.9. The molecule has 4 nitrogen and oxygen atoms in total. The molecule has 18 heavy (non-hydrogen) atoms. The fourth-order valence-corrected chi connectivity index (χ4v) is 2.02. The number of hydrogen-bond donors (Lipinski definition) is 2. The fraction of sp³-hybridized carbons (Fsp3) is 0.538. The van der Waals surface area contributed by atoms with E-state index in [1.165, 1.54) is 0 Å². The van der Waals surface area contributed by atoms with E-state index in [0.717, 1.165) is 6.42 Å². The number of carbonyl (C=O) groups excluding carboxylic acids is 1. The zero-order chi connectivity index (χ0) is 13.5. The van der Waals surface area contributed by atoms with Crippen molar-refractivity contribution < 1.29 is 4.79 Å². The first kappa shape index (κ1) is 14.9. The summed E-state index contributed by atoms with van der Waals surface area (Å²) in [5.41, 5.74) is 5.67. The summed E-state index contributed by atoms with van der Waals surface area (Å²) in [5, 5.41) is 3.15. The zero-order valence-corrected chi connectivity index (χ0v) is 11.6. The minimum Gasteiger partial charge on any atom is -0.330 e. The summed E-state index contributed by atoms with van der Waals surface area (Å²) in [6.07, 6.45) is 2.94. The van der Waals surface area contributed by atoms with Crippen molar-refractivity contribution in [1.82, 2.24) is 4.98 Å². The first-order chi connectivity index (χ1) is 8.52. The van der Waals surface area contributed by atoms with Crippen molar-refractivity contribution in [3.05, 3.63) is 23.4 Å². The van der Waals surface area contributed by atoms with Crippen LogP contribution in [0.25, 0.3) is 0 Å². The van der Waals surface area contributed by atoms with E-state index in [-0.39, 0.29) is 11.8 Å². The van der Waals surface area contributed by atoms with Crippen LogP contribution in [-0.2, 0) is 4.79 Å². The molecule has 0 aliphatic carbocycles. The topological polar surface area (TPSA) is 68.0 Å². The Kier molecular flexibility index (Phi) is 6.09. The predicted molar refractivity (Wildman–Crippen MR) is 74.5 cm³/mol.